The molecule has 0 unspecified atom stereocenters. The SMILES string of the molecule is c1ccc(-c2cccc([Si](c3ccccc3)(c3ccccc3)c3cccc(-c4nc(-c5ccccc5)nc(-n5c6ccccc6c6ccc7c(c8ccccc8n7-c7ccccc7)c65)n4)c3)c2)cc1. The number of rotatable bonds is 9. The van der Waals surface area contributed by atoms with E-state index in [0.717, 1.165) is 60.4 Å². The Bertz CT molecular complexity index is 3960. The van der Waals surface area contributed by atoms with Crippen molar-refractivity contribution in [3.63, 3.8) is 0 Å². The molecule has 324 valence electrons. The minimum absolute atomic E-state index is 0.560. The average Bonchev–Trinajstić information content (AvgIpc) is 3.96. The molecule has 0 N–H and O–H groups in total. The molecule has 0 amide bonds. The van der Waals surface area contributed by atoms with Crippen LogP contribution in [-0.4, -0.2) is 32.2 Å². The summed E-state index contributed by atoms with van der Waals surface area (Å²) in [6, 6.07) is 93.9. The van der Waals surface area contributed by atoms with Crippen LogP contribution < -0.4 is 20.7 Å². The fraction of sp³-hybridized carbons (Fsp3) is 0. The first-order chi connectivity index (χ1) is 34.2. The van der Waals surface area contributed by atoms with Crippen LogP contribution in [0.1, 0.15) is 0 Å². The molecule has 13 rings (SSSR count). The van der Waals surface area contributed by atoms with Crippen LogP contribution in [0.2, 0.25) is 0 Å². The van der Waals surface area contributed by atoms with Gasteiger partial charge in [0.2, 0.25) is 5.95 Å². The quantitative estimate of drug-likeness (QED) is 0.107. The first-order valence-electron chi connectivity index (χ1n) is 23.4. The molecule has 13 aromatic rings. The summed E-state index contributed by atoms with van der Waals surface area (Å²) in [5.74, 6) is 1.77. The van der Waals surface area contributed by atoms with Crippen LogP contribution in [0.15, 0.2) is 261 Å². The lowest BCUT2D eigenvalue weighted by atomic mass is 10.1. The molecule has 10 aromatic carbocycles. The smallest absolute Gasteiger partial charge is 0.238 e. The van der Waals surface area contributed by atoms with Gasteiger partial charge >= 0.3 is 0 Å². The molecule has 3 heterocycles. The van der Waals surface area contributed by atoms with Crippen LogP contribution in [0.5, 0.6) is 0 Å². The van der Waals surface area contributed by atoms with Crippen molar-refractivity contribution in [2.45, 2.75) is 0 Å². The molecule has 3 aromatic heterocycles. The molecule has 69 heavy (non-hydrogen) atoms. The Morgan fingerprint density at radius 1 is 0.290 bits per heavy atom. The van der Waals surface area contributed by atoms with Crippen LogP contribution in [0, 0.1) is 0 Å². The second-order valence-electron chi connectivity index (χ2n) is 17.6. The van der Waals surface area contributed by atoms with Crippen LogP contribution >= 0.6 is 0 Å². The molecule has 0 spiro atoms. The number of benzene rings is 10. The van der Waals surface area contributed by atoms with Gasteiger partial charge < -0.3 is 4.57 Å². The number of nitrogens with zero attached hydrogens (tertiary/aromatic N) is 5. The molecule has 0 atom stereocenters. The zero-order chi connectivity index (χ0) is 45.7. The Balaban J connectivity index is 1.09. The zero-order valence-corrected chi connectivity index (χ0v) is 38.6. The maximum Gasteiger partial charge on any atom is 0.238 e. The third-order valence-electron chi connectivity index (χ3n) is 13.7. The molecule has 0 aliphatic carbocycles. The van der Waals surface area contributed by atoms with E-state index in [-0.39, 0.29) is 0 Å². The Morgan fingerprint density at radius 2 is 0.754 bits per heavy atom. The molecule has 5 nitrogen and oxygen atoms in total. The summed E-state index contributed by atoms with van der Waals surface area (Å²) in [6.07, 6.45) is 0. The topological polar surface area (TPSA) is 48.5 Å². The summed E-state index contributed by atoms with van der Waals surface area (Å²) >= 11 is 0. The molecule has 6 heteroatoms. The Kier molecular flexibility index (Phi) is 9.77. The van der Waals surface area contributed by atoms with Gasteiger partial charge in [0.1, 0.15) is 0 Å². The van der Waals surface area contributed by atoms with Crippen LogP contribution in [0.4, 0.5) is 0 Å². The maximum absolute atomic E-state index is 5.57. The third-order valence-corrected chi connectivity index (χ3v) is 18.5. The Labute approximate surface area is 400 Å². The van der Waals surface area contributed by atoms with E-state index < -0.39 is 8.07 Å². The summed E-state index contributed by atoms with van der Waals surface area (Å²) in [5.41, 5.74) is 9.66. The van der Waals surface area contributed by atoms with Crippen molar-refractivity contribution < 1.29 is 0 Å². The molecule has 0 saturated carbocycles. The highest BCUT2D eigenvalue weighted by atomic mass is 28.3. The van der Waals surface area contributed by atoms with Crippen molar-refractivity contribution >= 4 is 72.4 Å². The molecular formula is C63H43N5Si. The first kappa shape index (κ1) is 40.3. The Hall–Kier alpha value is -8.97. The van der Waals surface area contributed by atoms with Crippen LogP contribution in [-0.2, 0) is 0 Å². The third kappa shape index (κ3) is 6.64. The first-order valence-corrected chi connectivity index (χ1v) is 25.4. The second kappa shape index (κ2) is 16.7. The lowest BCUT2D eigenvalue weighted by molar-refractivity contribution is 0.955. The fourth-order valence-electron chi connectivity index (χ4n) is 10.7. The van der Waals surface area contributed by atoms with E-state index in [0.29, 0.717) is 17.6 Å². The van der Waals surface area contributed by atoms with Crippen molar-refractivity contribution in [3.8, 4) is 45.5 Å². The Morgan fingerprint density at radius 3 is 1.39 bits per heavy atom. The highest BCUT2D eigenvalue weighted by Gasteiger charge is 2.42. The molecule has 0 bridgehead atoms. The van der Waals surface area contributed by atoms with Crippen LogP contribution in [0.25, 0.3) is 89.2 Å². The van der Waals surface area contributed by atoms with E-state index in [1.807, 2.05) is 18.2 Å². The number of hydrogen-bond acceptors (Lipinski definition) is 3. The van der Waals surface area contributed by atoms with E-state index in [9.17, 15) is 0 Å². The van der Waals surface area contributed by atoms with Crippen molar-refractivity contribution in [3.05, 3.63) is 261 Å². The van der Waals surface area contributed by atoms with E-state index >= 15 is 0 Å². The predicted molar refractivity (Wildman–Crippen MR) is 288 cm³/mol. The number of hydrogen-bond donors (Lipinski definition) is 0. The molecule has 0 saturated heterocycles. The maximum atomic E-state index is 5.57. The summed E-state index contributed by atoms with van der Waals surface area (Å²) < 4.78 is 4.65. The lowest BCUT2D eigenvalue weighted by Crippen LogP contribution is -2.74. The van der Waals surface area contributed by atoms with Crippen molar-refractivity contribution in [1.29, 1.82) is 0 Å². The highest BCUT2D eigenvalue weighted by Crippen LogP contribution is 2.42. The van der Waals surface area contributed by atoms with Gasteiger partial charge in [-0.2, -0.15) is 9.97 Å². The van der Waals surface area contributed by atoms with Crippen molar-refractivity contribution in [1.82, 2.24) is 24.1 Å². The van der Waals surface area contributed by atoms with E-state index in [4.69, 9.17) is 15.0 Å². The average molecular weight is 898 g/mol. The van der Waals surface area contributed by atoms with Gasteiger partial charge in [0.25, 0.3) is 0 Å². The predicted octanol–water partition coefficient (Wildman–Crippen LogP) is 12.4. The fourth-order valence-corrected chi connectivity index (χ4v) is 15.5. The van der Waals surface area contributed by atoms with Gasteiger partial charge in [-0.1, -0.05) is 231 Å². The van der Waals surface area contributed by atoms with Crippen molar-refractivity contribution in [2.24, 2.45) is 0 Å². The molecule has 0 aliphatic rings. The van der Waals surface area contributed by atoms with Crippen molar-refractivity contribution in [2.75, 3.05) is 0 Å². The van der Waals surface area contributed by atoms with Gasteiger partial charge in [0.15, 0.2) is 19.7 Å². The normalized spacial score (nSPS) is 11.8. The molecule has 0 aliphatic heterocycles. The highest BCUT2D eigenvalue weighted by molar-refractivity contribution is 7.20. The van der Waals surface area contributed by atoms with Gasteiger partial charge in [-0.05, 0) is 62.2 Å². The van der Waals surface area contributed by atoms with Gasteiger partial charge in [-0.15, -0.1) is 0 Å². The van der Waals surface area contributed by atoms with Gasteiger partial charge in [-0.25, -0.2) is 4.98 Å². The number of para-hydroxylation sites is 3. The monoisotopic (exact) mass is 897 g/mol. The van der Waals surface area contributed by atoms with E-state index in [2.05, 4.69) is 252 Å². The second-order valence-corrected chi connectivity index (χ2v) is 21.4. The largest absolute Gasteiger partial charge is 0.309 e. The molecular weight excluding hydrogens is 855 g/mol. The summed E-state index contributed by atoms with van der Waals surface area (Å²) in [6.45, 7) is 0. The van der Waals surface area contributed by atoms with Crippen LogP contribution in [0.3, 0.4) is 0 Å². The minimum Gasteiger partial charge on any atom is -0.309 e. The molecule has 0 fully saturated rings. The minimum atomic E-state index is -3.01. The van der Waals surface area contributed by atoms with Gasteiger partial charge in [-0.3, -0.25) is 4.57 Å². The van der Waals surface area contributed by atoms with E-state index in [1.54, 1.807) is 0 Å². The number of fused-ring (bicyclic) bond motifs is 7. The zero-order valence-electron chi connectivity index (χ0n) is 37.6. The summed E-state index contributed by atoms with van der Waals surface area (Å²) in [5, 5.41) is 9.70. The summed E-state index contributed by atoms with van der Waals surface area (Å²) in [7, 11) is -3.01. The number of aromatic nitrogens is 5. The van der Waals surface area contributed by atoms with Gasteiger partial charge in [0.05, 0.1) is 22.1 Å². The standard InChI is InChI=1S/C63H43N5Si/c1-6-22-44(23-7-1)46-26-20-34-51(42-46)69(49-30-12-4-13-31-49,50-32-14-5-15-33-50)52-35-21-27-47(43-52)62-64-61(45-24-8-2-9-25-45)65-63(66-62)68-56-38-18-16-36-53(56)54-40-41-58-59(60(54)68)55-37-17-19-39-57(55)67(58)48-28-10-3-11-29-48/h1-43H. The summed E-state index contributed by atoms with van der Waals surface area (Å²) in [4.78, 5) is 16.4. The van der Waals surface area contributed by atoms with Gasteiger partial charge in [0, 0.05) is 38.4 Å². The molecule has 0 radical (unpaired) electrons. The lowest BCUT2D eigenvalue weighted by Gasteiger charge is -2.35. The van der Waals surface area contributed by atoms with E-state index in [1.165, 1.54) is 31.9 Å².